The van der Waals surface area contributed by atoms with Crippen molar-refractivity contribution in [2.24, 2.45) is 5.10 Å². The van der Waals surface area contributed by atoms with Crippen molar-refractivity contribution in [1.82, 2.24) is 10.7 Å². The van der Waals surface area contributed by atoms with Crippen LogP contribution in [-0.4, -0.2) is 37.1 Å². The van der Waals surface area contributed by atoms with Gasteiger partial charge in [0.05, 0.1) is 16.7 Å². The van der Waals surface area contributed by atoms with Crippen LogP contribution in [0.15, 0.2) is 27.8 Å². The van der Waals surface area contributed by atoms with E-state index in [1.165, 1.54) is 12.3 Å². The number of halogens is 1. The molecule has 1 aromatic carbocycles. The topological polar surface area (TPSA) is 120 Å². The minimum Gasteiger partial charge on any atom is -0.546 e. The van der Waals surface area contributed by atoms with Gasteiger partial charge >= 0.3 is 11.8 Å². The van der Waals surface area contributed by atoms with Crippen LogP contribution < -0.4 is 20.6 Å². The number of benzene rings is 1. The zero-order valence-corrected chi connectivity index (χ0v) is 13.9. The third kappa shape index (κ3) is 6.92. The first-order valence-corrected chi connectivity index (χ1v) is 7.46. The lowest BCUT2D eigenvalue weighted by Gasteiger charge is -2.08. The number of carbonyl (C=O) groups is 3. The number of hydrogen-bond donors (Lipinski definition) is 2. The van der Waals surface area contributed by atoms with Gasteiger partial charge in [-0.3, -0.25) is 9.59 Å². The smallest absolute Gasteiger partial charge is 0.329 e. The third-order valence-corrected chi connectivity index (χ3v) is 3.04. The Bertz CT molecular complexity index is 618. The zero-order valence-electron chi connectivity index (χ0n) is 12.3. The quantitative estimate of drug-likeness (QED) is 0.375. The van der Waals surface area contributed by atoms with Crippen molar-refractivity contribution in [3.63, 3.8) is 0 Å². The van der Waals surface area contributed by atoms with Crippen molar-refractivity contribution in [1.29, 1.82) is 0 Å². The lowest BCUT2D eigenvalue weighted by molar-refractivity contribution is -0.307. The van der Waals surface area contributed by atoms with Crippen LogP contribution in [0.1, 0.15) is 18.9 Å². The fraction of sp³-hybridized carbons (Fsp3) is 0.286. The predicted octanol–water partition coefficient (Wildman–Crippen LogP) is -0.446. The monoisotopic (exact) mass is 384 g/mol. The lowest BCUT2D eigenvalue weighted by Crippen LogP contribution is -2.38. The van der Waals surface area contributed by atoms with Crippen LogP contribution in [0.3, 0.4) is 0 Å². The highest BCUT2D eigenvalue weighted by Gasteiger charge is 2.10. The van der Waals surface area contributed by atoms with Gasteiger partial charge in [0.1, 0.15) is 12.4 Å². The summed E-state index contributed by atoms with van der Waals surface area (Å²) in [5.41, 5.74) is 2.70. The second kappa shape index (κ2) is 9.57. The lowest BCUT2D eigenvalue weighted by atomic mass is 10.2. The van der Waals surface area contributed by atoms with Gasteiger partial charge in [-0.2, -0.15) is 5.10 Å². The highest BCUT2D eigenvalue weighted by molar-refractivity contribution is 9.10. The van der Waals surface area contributed by atoms with Crippen molar-refractivity contribution in [3.8, 4) is 5.75 Å². The van der Waals surface area contributed by atoms with E-state index in [0.29, 0.717) is 22.3 Å². The van der Waals surface area contributed by atoms with Crippen molar-refractivity contribution in [2.45, 2.75) is 13.3 Å². The summed E-state index contributed by atoms with van der Waals surface area (Å²) in [4.78, 5) is 33.0. The summed E-state index contributed by atoms with van der Waals surface area (Å²) >= 11 is 3.22. The summed E-state index contributed by atoms with van der Waals surface area (Å²) in [5, 5.41) is 16.4. The highest BCUT2D eigenvalue weighted by Crippen LogP contribution is 2.25. The molecule has 0 fully saturated rings. The Balaban J connectivity index is 2.57. The maximum atomic E-state index is 11.4. The zero-order chi connectivity index (χ0) is 17.2. The van der Waals surface area contributed by atoms with Gasteiger partial charge in [-0.15, -0.1) is 0 Å². The van der Waals surface area contributed by atoms with Crippen LogP contribution in [0.25, 0.3) is 0 Å². The van der Waals surface area contributed by atoms with Crippen molar-refractivity contribution < 1.29 is 24.2 Å². The molecule has 0 atom stereocenters. The summed E-state index contributed by atoms with van der Waals surface area (Å²) < 4.78 is 5.50. The molecule has 1 rings (SSSR count). The van der Waals surface area contributed by atoms with Gasteiger partial charge in [0.25, 0.3) is 0 Å². The number of ether oxygens (including phenoxy) is 1. The molecule has 0 aliphatic heterocycles. The van der Waals surface area contributed by atoms with Crippen LogP contribution in [0, 0.1) is 0 Å². The maximum absolute atomic E-state index is 11.4. The number of rotatable bonds is 7. The Kier molecular flexibility index (Phi) is 7.75. The number of aliphatic carboxylic acids is 1. The minimum absolute atomic E-state index is 0.328. The molecule has 0 bridgehead atoms. The highest BCUT2D eigenvalue weighted by atomic mass is 79.9. The number of hydrazone groups is 1. The first-order valence-electron chi connectivity index (χ1n) is 6.67. The summed E-state index contributed by atoms with van der Waals surface area (Å²) in [6, 6.07) is 4.74. The van der Waals surface area contributed by atoms with Crippen molar-refractivity contribution in [3.05, 3.63) is 28.2 Å². The Morgan fingerprint density at radius 3 is 2.70 bits per heavy atom. The van der Waals surface area contributed by atoms with Gasteiger partial charge in [0.2, 0.25) is 0 Å². The van der Waals surface area contributed by atoms with E-state index in [2.05, 4.69) is 31.8 Å². The SMILES string of the molecule is CCCNC(=O)C(=O)N/N=C\c1ccc(OCC(=O)[O-])c(Br)c1. The van der Waals surface area contributed by atoms with E-state index in [1.54, 1.807) is 12.1 Å². The summed E-state index contributed by atoms with van der Waals surface area (Å²) in [6.45, 7) is 1.72. The molecule has 0 heterocycles. The van der Waals surface area contributed by atoms with Crippen LogP contribution in [0.5, 0.6) is 5.75 Å². The summed E-state index contributed by atoms with van der Waals surface area (Å²) in [6.07, 6.45) is 2.06. The molecule has 124 valence electrons. The Labute approximate surface area is 141 Å². The molecule has 0 unspecified atom stereocenters. The normalized spacial score (nSPS) is 10.3. The Hall–Kier alpha value is -2.42. The first kappa shape index (κ1) is 18.6. The summed E-state index contributed by atoms with van der Waals surface area (Å²) in [7, 11) is 0. The van der Waals surface area contributed by atoms with Gasteiger partial charge in [0.15, 0.2) is 0 Å². The molecule has 23 heavy (non-hydrogen) atoms. The van der Waals surface area contributed by atoms with Crippen LogP contribution >= 0.6 is 15.9 Å². The number of carboxylic acids is 1. The largest absolute Gasteiger partial charge is 0.546 e. The maximum Gasteiger partial charge on any atom is 0.329 e. The van der Waals surface area contributed by atoms with Gasteiger partial charge in [-0.05, 0) is 46.1 Å². The number of nitrogens with zero attached hydrogens (tertiary/aromatic N) is 1. The average Bonchev–Trinajstić information content (AvgIpc) is 2.51. The van der Waals surface area contributed by atoms with E-state index in [9.17, 15) is 19.5 Å². The number of nitrogens with one attached hydrogen (secondary N) is 2. The molecular formula is C14H15BrN3O5-. The van der Waals surface area contributed by atoms with E-state index >= 15 is 0 Å². The molecule has 0 saturated carbocycles. The average molecular weight is 385 g/mol. The van der Waals surface area contributed by atoms with E-state index in [0.717, 1.165) is 6.42 Å². The molecule has 2 amide bonds. The third-order valence-electron chi connectivity index (χ3n) is 2.42. The van der Waals surface area contributed by atoms with Gasteiger partial charge in [-0.25, -0.2) is 5.43 Å². The van der Waals surface area contributed by atoms with Crippen LogP contribution in [0.2, 0.25) is 0 Å². The molecule has 0 spiro atoms. The predicted molar refractivity (Wildman–Crippen MR) is 83.7 cm³/mol. The number of carbonyl (C=O) groups excluding carboxylic acids is 3. The molecular weight excluding hydrogens is 370 g/mol. The van der Waals surface area contributed by atoms with E-state index in [-0.39, 0.29) is 0 Å². The van der Waals surface area contributed by atoms with Crippen LogP contribution in [-0.2, 0) is 14.4 Å². The van der Waals surface area contributed by atoms with E-state index in [4.69, 9.17) is 4.74 Å². The molecule has 8 nitrogen and oxygen atoms in total. The Morgan fingerprint density at radius 2 is 2.09 bits per heavy atom. The number of amides is 2. The number of carboxylic acid groups (broad SMARTS) is 1. The first-order chi connectivity index (χ1) is 10.9. The van der Waals surface area contributed by atoms with E-state index in [1.807, 2.05) is 6.92 Å². The molecule has 2 N–H and O–H groups in total. The molecule has 0 aliphatic rings. The summed E-state index contributed by atoms with van der Waals surface area (Å²) in [5.74, 6) is -2.61. The van der Waals surface area contributed by atoms with Crippen LogP contribution in [0.4, 0.5) is 0 Å². The molecule has 0 radical (unpaired) electrons. The van der Waals surface area contributed by atoms with Crippen molar-refractivity contribution in [2.75, 3.05) is 13.2 Å². The second-order valence-electron chi connectivity index (χ2n) is 4.31. The molecule has 1 aromatic rings. The molecule has 9 heteroatoms. The number of hydrogen-bond acceptors (Lipinski definition) is 6. The molecule has 0 saturated heterocycles. The molecule has 0 aromatic heterocycles. The second-order valence-corrected chi connectivity index (χ2v) is 5.16. The minimum atomic E-state index is -1.33. The van der Waals surface area contributed by atoms with Gasteiger partial charge in [0, 0.05) is 6.54 Å². The fourth-order valence-electron chi connectivity index (χ4n) is 1.39. The standard InChI is InChI=1S/C14H16BrN3O5/c1-2-5-16-13(21)14(22)18-17-7-9-3-4-11(10(15)6-9)23-8-12(19)20/h3-4,6-7H,2,5,8H2,1H3,(H,16,21)(H,18,22)(H,19,20)/p-1/b17-7-. The fourth-order valence-corrected chi connectivity index (χ4v) is 1.90. The Morgan fingerprint density at radius 1 is 1.35 bits per heavy atom. The van der Waals surface area contributed by atoms with Crippen molar-refractivity contribution >= 4 is 39.9 Å². The van der Waals surface area contributed by atoms with Gasteiger partial charge < -0.3 is 20.0 Å². The molecule has 0 aliphatic carbocycles. The van der Waals surface area contributed by atoms with E-state index < -0.39 is 24.4 Å². The van der Waals surface area contributed by atoms with Gasteiger partial charge in [-0.1, -0.05) is 6.92 Å².